The molecule has 2 N–H and O–H groups in total. The van der Waals surface area contributed by atoms with Crippen molar-refractivity contribution in [2.24, 2.45) is 5.92 Å². The van der Waals surface area contributed by atoms with Gasteiger partial charge in [0.25, 0.3) is 0 Å². The van der Waals surface area contributed by atoms with Gasteiger partial charge in [0, 0.05) is 25.0 Å². The Hall–Kier alpha value is -1.77. The molecule has 25 heavy (non-hydrogen) atoms. The van der Waals surface area contributed by atoms with E-state index < -0.39 is 10.0 Å². The Morgan fingerprint density at radius 2 is 2.16 bits per heavy atom. The number of fused-ring (bicyclic) bond motifs is 1. The number of rotatable bonds is 5. The maximum Gasteiger partial charge on any atom is 0.208 e. The van der Waals surface area contributed by atoms with Crippen LogP contribution in [0.1, 0.15) is 24.0 Å². The fraction of sp³-hybridized carbons (Fsp3) is 0.529. The molecule has 1 fully saturated rings. The molecule has 0 amide bonds. The number of aliphatic hydroxyl groups excluding tert-OH is 1. The highest BCUT2D eigenvalue weighted by Gasteiger charge is 2.23. The highest BCUT2D eigenvalue weighted by molar-refractivity contribution is 7.88. The van der Waals surface area contributed by atoms with Crippen molar-refractivity contribution >= 4 is 26.7 Å². The SMILES string of the molecule is Cc1cc2c(N3CCCC(CNS(C)(=O)=O)C3)ncnc2cc1CO. The van der Waals surface area contributed by atoms with E-state index >= 15 is 0 Å². The average molecular weight is 364 g/mol. The molecule has 0 spiro atoms. The topological polar surface area (TPSA) is 95.4 Å². The van der Waals surface area contributed by atoms with Crippen LogP contribution in [0.5, 0.6) is 0 Å². The lowest BCUT2D eigenvalue weighted by molar-refractivity contribution is 0.281. The molecule has 2 heterocycles. The minimum atomic E-state index is -3.17. The third kappa shape index (κ3) is 4.26. The maximum absolute atomic E-state index is 11.3. The zero-order valence-corrected chi connectivity index (χ0v) is 15.4. The van der Waals surface area contributed by atoms with Crippen molar-refractivity contribution in [2.75, 3.05) is 30.8 Å². The fourth-order valence-electron chi connectivity index (χ4n) is 3.36. The van der Waals surface area contributed by atoms with E-state index in [0.717, 1.165) is 53.8 Å². The summed E-state index contributed by atoms with van der Waals surface area (Å²) in [7, 11) is -3.17. The number of aryl methyl sites for hydroxylation is 1. The molecule has 1 atom stereocenters. The van der Waals surface area contributed by atoms with Crippen molar-refractivity contribution in [2.45, 2.75) is 26.4 Å². The summed E-state index contributed by atoms with van der Waals surface area (Å²) in [6, 6.07) is 3.93. The predicted octanol–water partition coefficient (Wildman–Crippen LogP) is 1.20. The summed E-state index contributed by atoms with van der Waals surface area (Å²) >= 11 is 0. The Balaban J connectivity index is 1.86. The minimum Gasteiger partial charge on any atom is -0.392 e. The van der Waals surface area contributed by atoms with E-state index in [1.807, 2.05) is 19.1 Å². The molecular formula is C17H24N4O3S. The van der Waals surface area contributed by atoms with Crippen LogP contribution in [-0.2, 0) is 16.6 Å². The average Bonchev–Trinajstić information content (AvgIpc) is 2.58. The summed E-state index contributed by atoms with van der Waals surface area (Å²) in [4.78, 5) is 11.0. The maximum atomic E-state index is 11.3. The van der Waals surface area contributed by atoms with E-state index in [4.69, 9.17) is 0 Å². The summed E-state index contributed by atoms with van der Waals surface area (Å²) in [5, 5.41) is 10.4. The number of nitrogens with one attached hydrogen (secondary N) is 1. The van der Waals surface area contributed by atoms with Crippen LogP contribution in [0.4, 0.5) is 5.82 Å². The monoisotopic (exact) mass is 364 g/mol. The summed E-state index contributed by atoms with van der Waals surface area (Å²) in [5.74, 6) is 1.13. The number of benzene rings is 1. The molecule has 0 aliphatic carbocycles. The molecule has 8 heteroatoms. The molecule has 0 saturated carbocycles. The van der Waals surface area contributed by atoms with Crippen LogP contribution in [-0.4, -0.2) is 49.4 Å². The first kappa shape index (κ1) is 18.0. The van der Waals surface area contributed by atoms with E-state index in [1.165, 1.54) is 6.26 Å². The number of piperidine rings is 1. The van der Waals surface area contributed by atoms with Crippen LogP contribution in [0.25, 0.3) is 10.9 Å². The molecule has 1 saturated heterocycles. The number of aliphatic hydroxyl groups is 1. The van der Waals surface area contributed by atoms with Crippen LogP contribution < -0.4 is 9.62 Å². The molecule has 3 rings (SSSR count). The van der Waals surface area contributed by atoms with E-state index in [2.05, 4.69) is 19.6 Å². The zero-order chi connectivity index (χ0) is 18.0. The molecular weight excluding hydrogens is 340 g/mol. The molecule has 1 aliphatic rings. The molecule has 1 unspecified atom stereocenters. The van der Waals surface area contributed by atoms with Gasteiger partial charge in [-0.15, -0.1) is 0 Å². The van der Waals surface area contributed by atoms with E-state index in [1.54, 1.807) is 6.33 Å². The van der Waals surface area contributed by atoms with Crippen LogP contribution in [0, 0.1) is 12.8 Å². The van der Waals surface area contributed by atoms with Crippen molar-refractivity contribution in [1.82, 2.24) is 14.7 Å². The van der Waals surface area contributed by atoms with Gasteiger partial charge >= 0.3 is 0 Å². The largest absolute Gasteiger partial charge is 0.392 e. The van der Waals surface area contributed by atoms with Crippen molar-refractivity contribution in [3.05, 3.63) is 29.6 Å². The summed E-state index contributed by atoms with van der Waals surface area (Å²) in [6.07, 6.45) is 4.73. The molecule has 0 radical (unpaired) electrons. The second kappa shape index (κ2) is 7.23. The summed E-state index contributed by atoms with van der Waals surface area (Å²) in [5.41, 5.74) is 2.69. The molecule has 7 nitrogen and oxygen atoms in total. The standard InChI is InChI=1S/C17H24N4O3S/c1-12-6-15-16(7-14(12)10-22)18-11-19-17(15)21-5-3-4-13(9-21)8-20-25(2,23)24/h6-7,11,13,20,22H,3-5,8-10H2,1-2H3. The fourth-order valence-corrected chi connectivity index (χ4v) is 3.90. The molecule has 1 aromatic heterocycles. The van der Waals surface area contributed by atoms with Gasteiger partial charge in [-0.25, -0.2) is 23.1 Å². The van der Waals surface area contributed by atoms with E-state index in [9.17, 15) is 13.5 Å². The lowest BCUT2D eigenvalue weighted by Gasteiger charge is -2.34. The van der Waals surface area contributed by atoms with Crippen LogP contribution in [0.3, 0.4) is 0 Å². The van der Waals surface area contributed by atoms with Crippen molar-refractivity contribution in [1.29, 1.82) is 0 Å². The van der Waals surface area contributed by atoms with Gasteiger partial charge < -0.3 is 10.0 Å². The minimum absolute atomic E-state index is 0.00986. The van der Waals surface area contributed by atoms with Gasteiger partial charge in [0.2, 0.25) is 10.0 Å². The first-order valence-corrected chi connectivity index (χ1v) is 10.3. The number of anilines is 1. The second-order valence-corrected chi connectivity index (χ2v) is 8.56. The van der Waals surface area contributed by atoms with Gasteiger partial charge in [-0.1, -0.05) is 0 Å². The van der Waals surface area contributed by atoms with Gasteiger partial charge in [-0.2, -0.15) is 0 Å². The number of aromatic nitrogens is 2. The first-order valence-electron chi connectivity index (χ1n) is 8.42. The van der Waals surface area contributed by atoms with Crippen molar-refractivity contribution in [3.8, 4) is 0 Å². The smallest absolute Gasteiger partial charge is 0.208 e. The second-order valence-electron chi connectivity index (χ2n) is 6.73. The van der Waals surface area contributed by atoms with Gasteiger partial charge in [-0.3, -0.25) is 0 Å². The first-order chi connectivity index (χ1) is 11.9. The number of hydrogen-bond acceptors (Lipinski definition) is 6. The third-order valence-corrected chi connectivity index (χ3v) is 5.39. The van der Waals surface area contributed by atoms with Gasteiger partial charge in [0.1, 0.15) is 12.1 Å². The van der Waals surface area contributed by atoms with E-state index in [-0.39, 0.29) is 12.5 Å². The van der Waals surface area contributed by atoms with Crippen molar-refractivity contribution < 1.29 is 13.5 Å². The summed E-state index contributed by atoms with van der Waals surface area (Å²) in [6.45, 7) is 4.06. The van der Waals surface area contributed by atoms with Gasteiger partial charge in [0.15, 0.2) is 0 Å². The molecule has 2 aromatic rings. The third-order valence-electron chi connectivity index (χ3n) is 4.70. The van der Waals surface area contributed by atoms with Crippen molar-refractivity contribution in [3.63, 3.8) is 0 Å². The normalized spacial score (nSPS) is 18.7. The van der Waals surface area contributed by atoms with Crippen LogP contribution in [0.15, 0.2) is 18.5 Å². The van der Waals surface area contributed by atoms with Gasteiger partial charge in [0.05, 0.1) is 18.4 Å². The molecule has 1 aromatic carbocycles. The Morgan fingerprint density at radius 3 is 2.88 bits per heavy atom. The van der Waals surface area contributed by atoms with E-state index in [0.29, 0.717) is 6.54 Å². The Bertz CT molecular complexity index is 870. The lowest BCUT2D eigenvalue weighted by Crippen LogP contribution is -2.41. The van der Waals surface area contributed by atoms with Crippen LogP contribution >= 0.6 is 0 Å². The highest BCUT2D eigenvalue weighted by atomic mass is 32.2. The number of sulfonamides is 1. The number of hydrogen-bond donors (Lipinski definition) is 2. The molecule has 0 bridgehead atoms. The zero-order valence-electron chi connectivity index (χ0n) is 14.6. The Kier molecular flexibility index (Phi) is 5.21. The molecule has 136 valence electrons. The predicted molar refractivity (Wildman–Crippen MR) is 98.0 cm³/mol. The summed E-state index contributed by atoms with van der Waals surface area (Å²) < 4.78 is 25.3. The lowest BCUT2D eigenvalue weighted by atomic mass is 9.97. The quantitative estimate of drug-likeness (QED) is 0.828. The Labute approximate surface area is 148 Å². The molecule has 1 aliphatic heterocycles. The van der Waals surface area contributed by atoms with Crippen LogP contribution in [0.2, 0.25) is 0 Å². The number of nitrogens with zero attached hydrogens (tertiary/aromatic N) is 3. The highest BCUT2D eigenvalue weighted by Crippen LogP contribution is 2.29. The Morgan fingerprint density at radius 1 is 1.36 bits per heavy atom. The van der Waals surface area contributed by atoms with Gasteiger partial charge in [-0.05, 0) is 48.9 Å².